The van der Waals surface area contributed by atoms with Crippen molar-refractivity contribution in [3.05, 3.63) is 54.1 Å². The Balaban J connectivity index is 2.20. The van der Waals surface area contributed by atoms with Crippen LogP contribution in [-0.4, -0.2) is 38.4 Å². The van der Waals surface area contributed by atoms with Crippen molar-refractivity contribution in [3.63, 3.8) is 0 Å². The van der Waals surface area contributed by atoms with Gasteiger partial charge in [0.1, 0.15) is 11.5 Å². The van der Waals surface area contributed by atoms with Crippen molar-refractivity contribution >= 4 is 16.0 Å². The topological polar surface area (TPSA) is 72.9 Å². The van der Waals surface area contributed by atoms with Gasteiger partial charge in [0.2, 0.25) is 10.0 Å². The molecule has 0 spiro atoms. The molecule has 0 aliphatic carbocycles. The van der Waals surface area contributed by atoms with Gasteiger partial charge in [-0.25, -0.2) is 13.2 Å². The zero-order valence-electron chi connectivity index (χ0n) is 15.1. The molecule has 0 amide bonds. The zero-order valence-corrected chi connectivity index (χ0v) is 16.0. The molecule has 0 aliphatic heterocycles. The first-order valence-corrected chi connectivity index (χ1v) is 9.91. The van der Waals surface area contributed by atoms with Gasteiger partial charge in [-0.1, -0.05) is 19.9 Å². The molecule has 0 aliphatic rings. The predicted molar refractivity (Wildman–Crippen MR) is 99.1 cm³/mol. The van der Waals surface area contributed by atoms with Crippen LogP contribution >= 0.6 is 0 Å². The maximum atomic E-state index is 12.6. The molecule has 0 atom stereocenters. The minimum Gasteiger partial charge on any atom is -0.494 e. The summed E-state index contributed by atoms with van der Waals surface area (Å²) in [4.78, 5) is 12.4. The molecular weight excluding hydrogens is 354 g/mol. The van der Waals surface area contributed by atoms with Gasteiger partial charge in [0.05, 0.1) is 17.1 Å². The van der Waals surface area contributed by atoms with Gasteiger partial charge in [0.25, 0.3) is 0 Å². The molecule has 0 heterocycles. The summed E-state index contributed by atoms with van der Waals surface area (Å²) < 4.78 is 37.2. The van der Waals surface area contributed by atoms with Crippen LogP contribution < -0.4 is 9.47 Å². The van der Waals surface area contributed by atoms with Crippen LogP contribution in [-0.2, 0) is 10.0 Å². The Kier molecular flexibility index (Phi) is 6.76. The summed E-state index contributed by atoms with van der Waals surface area (Å²) in [7, 11) is -3.63. The summed E-state index contributed by atoms with van der Waals surface area (Å²) in [6.45, 7) is 6.69. The highest BCUT2D eigenvalue weighted by Gasteiger charge is 2.22. The van der Waals surface area contributed by atoms with E-state index < -0.39 is 16.0 Å². The molecule has 2 aromatic carbocycles. The second kappa shape index (κ2) is 8.82. The third-order valence-electron chi connectivity index (χ3n) is 3.76. The van der Waals surface area contributed by atoms with Crippen molar-refractivity contribution in [3.8, 4) is 11.5 Å². The van der Waals surface area contributed by atoms with E-state index in [1.807, 2.05) is 6.92 Å². The van der Waals surface area contributed by atoms with E-state index in [2.05, 4.69) is 0 Å². The van der Waals surface area contributed by atoms with E-state index >= 15 is 0 Å². The molecule has 0 radical (unpaired) electrons. The van der Waals surface area contributed by atoms with Gasteiger partial charge in [0.15, 0.2) is 0 Å². The van der Waals surface area contributed by atoms with E-state index in [1.165, 1.54) is 28.6 Å². The average Bonchev–Trinajstić information content (AvgIpc) is 2.64. The van der Waals surface area contributed by atoms with Crippen LogP contribution in [0.4, 0.5) is 0 Å². The van der Waals surface area contributed by atoms with Crippen molar-refractivity contribution in [2.75, 3.05) is 19.7 Å². The highest BCUT2D eigenvalue weighted by molar-refractivity contribution is 7.89. The molecule has 0 aromatic heterocycles. The Labute approximate surface area is 154 Å². The third-order valence-corrected chi connectivity index (χ3v) is 5.80. The van der Waals surface area contributed by atoms with Crippen LogP contribution in [0.5, 0.6) is 11.5 Å². The monoisotopic (exact) mass is 377 g/mol. The Bertz CT molecular complexity index is 842. The highest BCUT2D eigenvalue weighted by Crippen LogP contribution is 2.21. The van der Waals surface area contributed by atoms with Gasteiger partial charge in [-0.15, -0.1) is 0 Å². The number of ether oxygens (including phenoxy) is 2. The number of rotatable bonds is 8. The Morgan fingerprint density at radius 2 is 1.58 bits per heavy atom. The lowest BCUT2D eigenvalue weighted by Gasteiger charge is -2.18. The molecular formula is C19H23NO5S. The summed E-state index contributed by atoms with van der Waals surface area (Å²) in [5.41, 5.74) is 0.173. The molecule has 0 bridgehead atoms. The summed E-state index contributed by atoms with van der Waals surface area (Å²) in [6, 6.07) is 12.5. The van der Waals surface area contributed by atoms with Crippen molar-refractivity contribution in [1.29, 1.82) is 0 Å². The lowest BCUT2D eigenvalue weighted by atomic mass is 10.2. The molecule has 2 aromatic rings. The largest absolute Gasteiger partial charge is 0.494 e. The van der Waals surface area contributed by atoms with Gasteiger partial charge in [-0.2, -0.15) is 4.31 Å². The fourth-order valence-corrected chi connectivity index (χ4v) is 3.94. The van der Waals surface area contributed by atoms with Crippen LogP contribution in [0.1, 0.15) is 31.1 Å². The summed E-state index contributed by atoms with van der Waals surface area (Å²) in [5.74, 6) is 0.417. The van der Waals surface area contributed by atoms with Crippen LogP contribution in [0, 0.1) is 0 Å². The van der Waals surface area contributed by atoms with Crippen LogP contribution in [0.25, 0.3) is 0 Å². The van der Waals surface area contributed by atoms with Crippen molar-refractivity contribution in [2.45, 2.75) is 25.7 Å². The minimum atomic E-state index is -3.63. The molecule has 140 valence electrons. The fourth-order valence-electron chi connectivity index (χ4n) is 2.43. The van der Waals surface area contributed by atoms with E-state index in [-0.39, 0.29) is 10.5 Å². The van der Waals surface area contributed by atoms with Crippen LogP contribution in [0.3, 0.4) is 0 Å². The summed E-state index contributed by atoms with van der Waals surface area (Å²) >= 11 is 0. The Morgan fingerprint density at radius 3 is 2.15 bits per heavy atom. The SMILES string of the molecule is CCOc1ccc(OC(=O)c2cccc(S(=O)(=O)N(CC)CC)c2)cc1. The molecule has 2 rings (SSSR count). The Hall–Kier alpha value is -2.38. The van der Waals surface area contributed by atoms with E-state index in [9.17, 15) is 13.2 Å². The lowest BCUT2D eigenvalue weighted by Crippen LogP contribution is -2.30. The standard InChI is InChI=1S/C19H23NO5S/c1-4-20(5-2)26(22,23)18-9-7-8-15(14-18)19(21)25-17-12-10-16(11-13-17)24-6-3/h7-14H,4-6H2,1-3H3. The number of nitrogens with zero attached hydrogens (tertiary/aromatic N) is 1. The summed E-state index contributed by atoms with van der Waals surface area (Å²) in [6.07, 6.45) is 0. The average molecular weight is 377 g/mol. The van der Waals surface area contributed by atoms with Crippen molar-refractivity contribution in [2.24, 2.45) is 0 Å². The maximum absolute atomic E-state index is 12.6. The van der Waals surface area contributed by atoms with Crippen molar-refractivity contribution in [1.82, 2.24) is 4.31 Å². The minimum absolute atomic E-state index is 0.0716. The van der Waals surface area contributed by atoms with Gasteiger partial charge in [0, 0.05) is 13.1 Å². The Morgan fingerprint density at radius 1 is 0.962 bits per heavy atom. The van der Waals surface area contributed by atoms with Gasteiger partial charge in [-0.3, -0.25) is 0 Å². The quantitative estimate of drug-likeness (QED) is 0.521. The number of hydrogen-bond donors (Lipinski definition) is 0. The number of hydrogen-bond acceptors (Lipinski definition) is 5. The first-order valence-electron chi connectivity index (χ1n) is 8.47. The predicted octanol–water partition coefficient (Wildman–Crippen LogP) is 3.34. The molecule has 0 saturated carbocycles. The molecule has 0 N–H and O–H groups in total. The van der Waals surface area contributed by atoms with E-state index in [0.29, 0.717) is 31.2 Å². The molecule has 7 heteroatoms. The normalized spacial score (nSPS) is 11.4. The van der Waals surface area contributed by atoms with Crippen LogP contribution in [0.15, 0.2) is 53.4 Å². The number of carbonyl (C=O) groups excluding carboxylic acids is 1. The molecule has 0 unspecified atom stereocenters. The lowest BCUT2D eigenvalue weighted by molar-refractivity contribution is 0.0734. The van der Waals surface area contributed by atoms with E-state index in [1.54, 1.807) is 38.1 Å². The molecule has 26 heavy (non-hydrogen) atoms. The first-order chi connectivity index (χ1) is 12.4. The fraction of sp³-hybridized carbons (Fsp3) is 0.316. The van der Waals surface area contributed by atoms with E-state index in [0.717, 1.165) is 0 Å². The third kappa shape index (κ3) is 4.62. The molecule has 0 saturated heterocycles. The van der Waals surface area contributed by atoms with Gasteiger partial charge >= 0.3 is 5.97 Å². The summed E-state index contributed by atoms with van der Waals surface area (Å²) in [5, 5.41) is 0. The molecule has 6 nitrogen and oxygen atoms in total. The smallest absolute Gasteiger partial charge is 0.343 e. The number of benzene rings is 2. The van der Waals surface area contributed by atoms with Crippen molar-refractivity contribution < 1.29 is 22.7 Å². The highest BCUT2D eigenvalue weighted by atomic mass is 32.2. The second-order valence-electron chi connectivity index (χ2n) is 5.41. The number of esters is 1. The maximum Gasteiger partial charge on any atom is 0.343 e. The number of sulfonamides is 1. The first kappa shape index (κ1) is 19.9. The molecule has 0 fully saturated rings. The van der Waals surface area contributed by atoms with Gasteiger partial charge in [-0.05, 0) is 49.4 Å². The zero-order chi connectivity index (χ0) is 19.2. The van der Waals surface area contributed by atoms with Gasteiger partial charge < -0.3 is 9.47 Å². The van der Waals surface area contributed by atoms with Crippen LogP contribution in [0.2, 0.25) is 0 Å². The second-order valence-corrected chi connectivity index (χ2v) is 7.35. The van der Waals surface area contributed by atoms with E-state index in [4.69, 9.17) is 9.47 Å². The number of carbonyl (C=O) groups is 1.